The van der Waals surface area contributed by atoms with Crippen molar-refractivity contribution in [2.75, 3.05) is 31.1 Å². The molecule has 0 amide bonds. The van der Waals surface area contributed by atoms with E-state index in [2.05, 4.69) is 93.8 Å². The van der Waals surface area contributed by atoms with Crippen LogP contribution in [0, 0.1) is 6.92 Å². The van der Waals surface area contributed by atoms with Gasteiger partial charge < -0.3 is 4.90 Å². The zero-order valence-electron chi connectivity index (χ0n) is 21.0. The number of hydrogen-bond acceptors (Lipinski definition) is 5. The van der Waals surface area contributed by atoms with Crippen LogP contribution in [0.25, 0.3) is 16.9 Å². The van der Waals surface area contributed by atoms with Crippen molar-refractivity contribution in [1.82, 2.24) is 24.6 Å². The van der Waals surface area contributed by atoms with E-state index in [1.807, 2.05) is 42.1 Å². The summed E-state index contributed by atoms with van der Waals surface area (Å²) >= 11 is 0. The molecule has 6 rings (SSSR count). The normalized spacial score (nSPS) is 14.3. The van der Waals surface area contributed by atoms with Gasteiger partial charge in [0.15, 0.2) is 0 Å². The van der Waals surface area contributed by atoms with Crippen LogP contribution < -0.4 is 4.90 Å². The van der Waals surface area contributed by atoms with Gasteiger partial charge in [0.25, 0.3) is 0 Å². The molecule has 37 heavy (non-hydrogen) atoms. The van der Waals surface area contributed by atoms with Gasteiger partial charge in [0.1, 0.15) is 0 Å². The molecule has 6 nitrogen and oxygen atoms in total. The van der Waals surface area contributed by atoms with E-state index >= 15 is 0 Å². The Morgan fingerprint density at radius 1 is 0.703 bits per heavy atom. The quantitative estimate of drug-likeness (QED) is 0.315. The standard InChI is InChI=1S/C31H30N6/c1-24-28(23-37(34-24)27-15-9-4-10-16-27)29-17-18-32-31(33-29)36-21-19-35(20-22-36)30(25-11-5-2-6-12-25)26-13-7-3-8-14-26/h2-18,23,30H,19-22H2,1H3. The third-order valence-corrected chi connectivity index (χ3v) is 7.03. The van der Waals surface area contributed by atoms with Gasteiger partial charge in [0.05, 0.1) is 23.1 Å². The lowest BCUT2D eigenvalue weighted by Crippen LogP contribution is -2.48. The Labute approximate surface area is 217 Å². The molecule has 2 aromatic heterocycles. The second-order valence-corrected chi connectivity index (χ2v) is 9.40. The molecule has 0 spiro atoms. The van der Waals surface area contributed by atoms with Gasteiger partial charge in [0.2, 0.25) is 5.95 Å². The van der Waals surface area contributed by atoms with Crippen LogP contribution in [0.4, 0.5) is 5.95 Å². The lowest BCUT2D eigenvalue weighted by molar-refractivity contribution is 0.211. The summed E-state index contributed by atoms with van der Waals surface area (Å²) in [5.41, 5.74) is 6.57. The molecule has 0 N–H and O–H groups in total. The number of aromatic nitrogens is 4. The summed E-state index contributed by atoms with van der Waals surface area (Å²) in [6, 6.07) is 34.0. The fourth-order valence-electron chi connectivity index (χ4n) is 5.14. The predicted octanol–water partition coefficient (Wildman–Crippen LogP) is 5.55. The maximum atomic E-state index is 4.96. The van der Waals surface area contributed by atoms with Crippen LogP contribution in [0.3, 0.4) is 0 Å². The van der Waals surface area contributed by atoms with E-state index in [9.17, 15) is 0 Å². The summed E-state index contributed by atoms with van der Waals surface area (Å²) in [5, 5.41) is 4.72. The van der Waals surface area contributed by atoms with Gasteiger partial charge >= 0.3 is 0 Å². The number of piperazine rings is 1. The average molecular weight is 487 g/mol. The van der Waals surface area contributed by atoms with E-state index in [1.54, 1.807) is 0 Å². The predicted molar refractivity (Wildman–Crippen MR) is 148 cm³/mol. The third kappa shape index (κ3) is 4.88. The largest absolute Gasteiger partial charge is 0.338 e. The summed E-state index contributed by atoms with van der Waals surface area (Å²) in [7, 11) is 0. The average Bonchev–Trinajstić information content (AvgIpc) is 3.37. The zero-order chi connectivity index (χ0) is 25.0. The molecule has 1 aliphatic rings. The molecule has 184 valence electrons. The van der Waals surface area contributed by atoms with Crippen molar-refractivity contribution in [3.63, 3.8) is 0 Å². The Morgan fingerprint density at radius 2 is 1.30 bits per heavy atom. The van der Waals surface area contributed by atoms with Crippen molar-refractivity contribution < 1.29 is 0 Å². The number of rotatable bonds is 6. The van der Waals surface area contributed by atoms with E-state index in [4.69, 9.17) is 10.1 Å². The topological polar surface area (TPSA) is 50.1 Å². The summed E-state index contributed by atoms with van der Waals surface area (Å²) in [6.45, 7) is 5.66. The highest BCUT2D eigenvalue weighted by atomic mass is 15.3. The number of aryl methyl sites for hydroxylation is 1. The van der Waals surface area contributed by atoms with Crippen LogP contribution in [0.2, 0.25) is 0 Å². The maximum absolute atomic E-state index is 4.96. The molecule has 0 unspecified atom stereocenters. The second-order valence-electron chi connectivity index (χ2n) is 9.40. The first kappa shape index (κ1) is 23.1. The number of nitrogens with zero attached hydrogens (tertiary/aromatic N) is 6. The van der Waals surface area contributed by atoms with Crippen molar-refractivity contribution in [3.8, 4) is 16.9 Å². The first-order valence-corrected chi connectivity index (χ1v) is 12.8. The SMILES string of the molecule is Cc1nn(-c2ccccc2)cc1-c1ccnc(N2CCN(C(c3ccccc3)c3ccccc3)CC2)n1. The Kier molecular flexibility index (Phi) is 6.48. The Balaban J connectivity index is 1.21. The molecule has 0 radical (unpaired) electrons. The van der Waals surface area contributed by atoms with Crippen LogP contribution in [0.15, 0.2) is 109 Å². The molecule has 5 aromatic rings. The lowest BCUT2D eigenvalue weighted by atomic mass is 9.96. The van der Waals surface area contributed by atoms with Gasteiger partial charge in [-0.05, 0) is 36.2 Å². The highest BCUT2D eigenvalue weighted by molar-refractivity contribution is 5.62. The van der Waals surface area contributed by atoms with Crippen molar-refractivity contribution in [1.29, 1.82) is 0 Å². The van der Waals surface area contributed by atoms with Crippen LogP contribution in [-0.4, -0.2) is 50.8 Å². The molecule has 6 heteroatoms. The molecule has 1 aliphatic heterocycles. The highest BCUT2D eigenvalue weighted by Crippen LogP contribution is 2.30. The lowest BCUT2D eigenvalue weighted by Gasteiger charge is -2.39. The second kappa shape index (κ2) is 10.4. The van der Waals surface area contributed by atoms with Gasteiger partial charge in [-0.15, -0.1) is 0 Å². The van der Waals surface area contributed by atoms with Crippen molar-refractivity contribution in [3.05, 3.63) is 126 Å². The number of hydrogen-bond donors (Lipinski definition) is 0. The van der Waals surface area contributed by atoms with E-state index in [1.165, 1.54) is 11.1 Å². The third-order valence-electron chi connectivity index (χ3n) is 7.03. The molecule has 3 heterocycles. The van der Waals surface area contributed by atoms with Crippen molar-refractivity contribution >= 4 is 5.95 Å². The minimum atomic E-state index is 0.239. The van der Waals surface area contributed by atoms with E-state index in [0.717, 1.165) is 54.8 Å². The molecule has 3 aromatic carbocycles. The smallest absolute Gasteiger partial charge is 0.225 e. The highest BCUT2D eigenvalue weighted by Gasteiger charge is 2.27. The van der Waals surface area contributed by atoms with Gasteiger partial charge in [-0.1, -0.05) is 78.9 Å². The van der Waals surface area contributed by atoms with Gasteiger partial charge in [-0.25, -0.2) is 14.6 Å². The maximum Gasteiger partial charge on any atom is 0.225 e. The molecule has 0 aliphatic carbocycles. The first-order chi connectivity index (χ1) is 18.3. The monoisotopic (exact) mass is 486 g/mol. The molecular weight excluding hydrogens is 456 g/mol. The molecule has 1 fully saturated rings. The van der Waals surface area contributed by atoms with Crippen molar-refractivity contribution in [2.24, 2.45) is 0 Å². The number of anilines is 1. The Bertz CT molecular complexity index is 1400. The van der Waals surface area contributed by atoms with Crippen LogP contribution in [0.5, 0.6) is 0 Å². The van der Waals surface area contributed by atoms with Crippen molar-refractivity contribution in [2.45, 2.75) is 13.0 Å². The van der Waals surface area contributed by atoms with Crippen LogP contribution in [0.1, 0.15) is 22.9 Å². The van der Waals surface area contributed by atoms with E-state index < -0.39 is 0 Å². The van der Waals surface area contributed by atoms with Crippen LogP contribution >= 0.6 is 0 Å². The first-order valence-electron chi connectivity index (χ1n) is 12.8. The summed E-state index contributed by atoms with van der Waals surface area (Å²) in [4.78, 5) is 14.5. The molecule has 0 bridgehead atoms. The minimum absolute atomic E-state index is 0.239. The molecule has 0 saturated carbocycles. The molecule has 0 atom stereocenters. The number of para-hydroxylation sites is 1. The van der Waals surface area contributed by atoms with Crippen LogP contribution in [-0.2, 0) is 0 Å². The summed E-state index contributed by atoms with van der Waals surface area (Å²) < 4.78 is 1.92. The van der Waals surface area contributed by atoms with E-state index in [0.29, 0.717) is 0 Å². The van der Waals surface area contributed by atoms with Gasteiger partial charge in [0, 0.05) is 44.1 Å². The van der Waals surface area contributed by atoms with Gasteiger partial charge in [-0.2, -0.15) is 5.10 Å². The summed E-state index contributed by atoms with van der Waals surface area (Å²) in [5.74, 6) is 0.778. The Morgan fingerprint density at radius 3 is 1.92 bits per heavy atom. The van der Waals surface area contributed by atoms with Gasteiger partial charge in [-0.3, -0.25) is 4.90 Å². The zero-order valence-corrected chi connectivity index (χ0v) is 21.0. The number of benzene rings is 3. The fourth-order valence-corrected chi connectivity index (χ4v) is 5.14. The van der Waals surface area contributed by atoms with E-state index in [-0.39, 0.29) is 6.04 Å². The molecular formula is C31H30N6. The fraction of sp³-hybridized carbons (Fsp3) is 0.194. The molecule has 1 saturated heterocycles. The minimum Gasteiger partial charge on any atom is -0.338 e. The summed E-state index contributed by atoms with van der Waals surface area (Å²) in [6.07, 6.45) is 3.92. The Hall–Kier alpha value is -4.29.